The fraction of sp³-hybridized carbons (Fsp3) is 0.300. The number of benzene rings is 2. The van der Waals surface area contributed by atoms with Crippen LogP contribution in [0.25, 0.3) is 0 Å². The molecule has 0 spiro atoms. The fourth-order valence-corrected chi connectivity index (χ4v) is 2.90. The number of hydrogen-bond acceptors (Lipinski definition) is 4. The van der Waals surface area contributed by atoms with Gasteiger partial charge in [0, 0.05) is 24.2 Å². The van der Waals surface area contributed by atoms with E-state index in [1.54, 1.807) is 24.3 Å². The Bertz CT molecular complexity index is 833. The third kappa shape index (κ3) is 4.14. The molecule has 1 aliphatic rings. The Labute approximate surface area is 152 Å². The molecule has 26 heavy (non-hydrogen) atoms. The van der Waals surface area contributed by atoms with E-state index in [0.717, 1.165) is 0 Å². The van der Waals surface area contributed by atoms with Crippen LogP contribution in [0.3, 0.4) is 0 Å². The molecule has 0 aliphatic carbocycles. The molecule has 2 amide bonds. The van der Waals surface area contributed by atoms with Crippen LogP contribution >= 0.6 is 0 Å². The second kappa shape index (κ2) is 7.47. The highest BCUT2D eigenvalue weighted by Crippen LogP contribution is 2.30. The molecule has 0 unspecified atom stereocenters. The fourth-order valence-electron chi connectivity index (χ4n) is 2.90. The molecule has 0 radical (unpaired) electrons. The van der Waals surface area contributed by atoms with E-state index in [-0.39, 0.29) is 24.0 Å². The van der Waals surface area contributed by atoms with Crippen molar-refractivity contribution in [2.24, 2.45) is 0 Å². The monoisotopic (exact) mass is 353 g/mol. The van der Waals surface area contributed by atoms with Crippen LogP contribution in [-0.4, -0.2) is 24.0 Å². The maximum absolute atomic E-state index is 12.8. The van der Waals surface area contributed by atoms with E-state index in [9.17, 15) is 9.59 Å². The third-order valence-corrected chi connectivity index (χ3v) is 3.93. The summed E-state index contributed by atoms with van der Waals surface area (Å²) in [6, 6.07) is 12.5. The van der Waals surface area contributed by atoms with E-state index in [0.29, 0.717) is 34.8 Å². The topological polar surface area (TPSA) is 79.5 Å². The van der Waals surface area contributed by atoms with E-state index in [1.807, 2.05) is 39.0 Å². The summed E-state index contributed by atoms with van der Waals surface area (Å²) in [5.74, 6) is 0.378. The first-order valence-electron chi connectivity index (χ1n) is 8.70. The van der Waals surface area contributed by atoms with E-state index in [2.05, 4.69) is 16.0 Å². The van der Waals surface area contributed by atoms with Crippen molar-refractivity contribution in [3.05, 3.63) is 48.0 Å². The predicted octanol–water partition coefficient (Wildman–Crippen LogP) is 3.87. The van der Waals surface area contributed by atoms with Gasteiger partial charge in [0.2, 0.25) is 5.91 Å². The lowest BCUT2D eigenvalue weighted by Crippen LogP contribution is -2.20. The number of hydrogen-bond donors (Lipinski definition) is 3. The second-order valence-electron chi connectivity index (χ2n) is 6.67. The molecular weight excluding hydrogens is 330 g/mol. The van der Waals surface area contributed by atoms with Crippen LogP contribution in [0, 0.1) is 0 Å². The summed E-state index contributed by atoms with van der Waals surface area (Å²) in [5.41, 5.74) is 2.38. The second-order valence-corrected chi connectivity index (χ2v) is 6.67. The first-order valence-corrected chi connectivity index (χ1v) is 8.70. The van der Waals surface area contributed by atoms with Crippen molar-refractivity contribution in [1.29, 1.82) is 0 Å². The van der Waals surface area contributed by atoms with Crippen LogP contribution < -0.4 is 20.7 Å². The molecule has 136 valence electrons. The predicted molar refractivity (Wildman–Crippen MR) is 103 cm³/mol. The van der Waals surface area contributed by atoms with Crippen LogP contribution in [0.4, 0.5) is 17.1 Å². The minimum Gasteiger partial charge on any atom is -0.491 e. The zero-order valence-electron chi connectivity index (χ0n) is 15.1. The number of para-hydroxylation sites is 1. The van der Waals surface area contributed by atoms with Crippen LogP contribution in [-0.2, 0) is 4.79 Å². The molecule has 1 atom stereocenters. The van der Waals surface area contributed by atoms with Crippen molar-refractivity contribution < 1.29 is 14.3 Å². The minimum atomic E-state index is -0.251. The smallest absolute Gasteiger partial charge is 0.257 e. The maximum Gasteiger partial charge on any atom is 0.257 e. The number of ether oxygens (including phenoxy) is 1. The SMILES string of the molecule is CC(C)Oc1cccc(NC(=O)c2cccc3c2N[C@@H](C)CC(=O)N3)c1. The molecule has 2 aromatic carbocycles. The highest BCUT2D eigenvalue weighted by atomic mass is 16.5. The van der Waals surface area contributed by atoms with Crippen LogP contribution in [0.5, 0.6) is 5.75 Å². The van der Waals surface area contributed by atoms with Gasteiger partial charge in [-0.1, -0.05) is 12.1 Å². The van der Waals surface area contributed by atoms with E-state index >= 15 is 0 Å². The molecule has 2 aromatic rings. The Morgan fingerprint density at radius 3 is 2.77 bits per heavy atom. The molecule has 0 aromatic heterocycles. The van der Waals surface area contributed by atoms with Gasteiger partial charge < -0.3 is 20.7 Å². The Morgan fingerprint density at radius 1 is 1.23 bits per heavy atom. The van der Waals surface area contributed by atoms with Gasteiger partial charge in [-0.15, -0.1) is 0 Å². The third-order valence-electron chi connectivity index (χ3n) is 3.93. The Morgan fingerprint density at radius 2 is 2.00 bits per heavy atom. The summed E-state index contributed by atoms with van der Waals surface area (Å²) in [5, 5.41) is 8.99. The molecule has 0 bridgehead atoms. The highest BCUT2D eigenvalue weighted by molar-refractivity contribution is 6.11. The lowest BCUT2D eigenvalue weighted by atomic mass is 10.1. The normalized spacial score (nSPS) is 16.2. The van der Waals surface area contributed by atoms with Gasteiger partial charge in [0.15, 0.2) is 0 Å². The maximum atomic E-state index is 12.8. The van der Waals surface area contributed by atoms with Crippen molar-refractivity contribution in [1.82, 2.24) is 0 Å². The molecule has 1 aliphatic heterocycles. The van der Waals surface area contributed by atoms with E-state index < -0.39 is 0 Å². The van der Waals surface area contributed by atoms with Crippen LogP contribution in [0.1, 0.15) is 37.6 Å². The number of carbonyl (C=O) groups is 2. The zero-order chi connectivity index (χ0) is 18.7. The molecule has 0 saturated carbocycles. The Balaban J connectivity index is 1.85. The molecule has 6 nitrogen and oxygen atoms in total. The van der Waals surface area contributed by atoms with Crippen molar-refractivity contribution in [2.45, 2.75) is 39.3 Å². The minimum absolute atomic E-state index is 0.0557. The first kappa shape index (κ1) is 17.8. The van der Waals surface area contributed by atoms with Crippen molar-refractivity contribution in [3.63, 3.8) is 0 Å². The zero-order valence-corrected chi connectivity index (χ0v) is 15.1. The van der Waals surface area contributed by atoms with Gasteiger partial charge in [-0.25, -0.2) is 0 Å². The van der Waals surface area contributed by atoms with E-state index in [4.69, 9.17) is 4.74 Å². The Kier molecular flexibility index (Phi) is 5.11. The Hall–Kier alpha value is -3.02. The number of anilines is 3. The van der Waals surface area contributed by atoms with Gasteiger partial charge >= 0.3 is 0 Å². The van der Waals surface area contributed by atoms with Gasteiger partial charge in [0.1, 0.15) is 5.75 Å². The lowest BCUT2D eigenvalue weighted by Gasteiger charge is -2.16. The number of fused-ring (bicyclic) bond motifs is 1. The van der Waals surface area contributed by atoms with Crippen LogP contribution in [0.15, 0.2) is 42.5 Å². The van der Waals surface area contributed by atoms with Gasteiger partial charge in [0.05, 0.1) is 23.0 Å². The standard InChI is InChI=1S/C20H23N3O3/c1-12(2)26-15-7-4-6-14(11-15)22-20(25)16-8-5-9-17-19(16)21-13(3)10-18(24)23-17/h4-9,11-13,21H,10H2,1-3H3,(H,22,25)(H,23,24)/t13-/m0/s1. The molecule has 6 heteroatoms. The number of carbonyl (C=O) groups excluding carboxylic acids is 2. The number of nitrogens with one attached hydrogen (secondary N) is 3. The van der Waals surface area contributed by atoms with Gasteiger partial charge in [0.25, 0.3) is 5.91 Å². The first-order chi connectivity index (χ1) is 12.4. The average Bonchev–Trinajstić information content (AvgIpc) is 2.70. The number of amides is 2. The summed E-state index contributed by atoms with van der Waals surface area (Å²) >= 11 is 0. The molecule has 0 fully saturated rings. The summed E-state index contributed by atoms with van der Waals surface area (Å²) in [6.45, 7) is 5.81. The largest absolute Gasteiger partial charge is 0.491 e. The summed E-state index contributed by atoms with van der Waals surface area (Å²) in [4.78, 5) is 24.7. The van der Waals surface area contributed by atoms with Crippen molar-refractivity contribution >= 4 is 28.9 Å². The number of rotatable bonds is 4. The molecule has 1 heterocycles. The van der Waals surface area contributed by atoms with Gasteiger partial charge in [-0.2, -0.15) is 0 Å². The van der Waals surface area contributed by atoms with Gasteiger partial charge in [-0.3, -0.25) is 9.59 Å². The molecule has 3 N–H and O–H groups in total. The van der Waals surface area contributed by atoms with Crippen LogP contribution in [0.2, 0.25) is 0 Å². The van der Waals surface area contributed by atoms with Crippen molar-refractivity contribution in [3.8, 4) is 5.75 Å². The lowest BCUT2D eigenvalue weighted by molar-refractivity contribution is -0.116. The quantitative estimate of drug-likeness (QED) is 0.780. The summed E-state index contributed by atoms with van der Waals surface area (Å²) in [6.07, 6.45) is 0.407. The van der Waals surface area contributed by atoms with E-state index in [1.165, 1.54) is 0 Å². The average molecular weight is 353 g/mol. The van der Waals surface area contributed by atoms with Gasteiger partial charge in [-0.05, 0) is 45.0 Å². The molecule has 3 rings (SSSR count). The van der Waals surface area contributed by atoms with Crippen molar-refractivity contribution in [2.75, 3.05) is 16.0 Å². The molecular formula is C20H23N3O3. The summed E-state index contributed by atoms with van der Waals surface area (Å²) < 4.78 is 5.66. The highest BCUT2D eigenvalue weighted by Gasteiger charge is 2.22. The summed E-state index contributed by atoms with van der Waals surface area (Å²) in [7, 11) is 0. The molecule has 0 saturated heterocycles.